The molecule has 0 aliphatic carbocycles. The number of anilines is 2. The predicted octanol–water partition coefficient (Wildman–Crippen LogP) is 6.85. The van der Waals surface area contributed by atoms with Gasteiger partial charge in [-0.2, -0.15) is 0 Å². The van der Waals surface area contributed by atoms with E-state index in [1.165, 1.54) is 51.3 Å². The smallest absolute Gasteiger partial charge is 0.272 e. The number of benzene rings is 4. The minimum absolute atomic E-state index is 0.0219. The highest BCUT2D eigenvalue weighted by atomic mass is 35.5. The number of hydrogen-bond donors (Lipinski definition) is 2. The van der Waals surface area contributed by atoms with Gasteiger partial charge in [0, 0.05) is 28.1 Å². The Bertz CT molecular complexity index is 1920. The first kappa shape index (κ1) is 34.4. The van der Waals surface area contributed by atoms with Crippen molar-refractivity contribution < 1.29 is 33.4 Å². The van der Waals surface area contributed by atoms with Gasteiger partial charge in [-0.3, -0.25) is 19.2 Å². The normalized spacial score (nSPS) is 14.5. The highest BCUT2D eigenvalue weighted by Crippen LogP contribution is 2.41. The molecule has 1 unspecified atom stereocenters. The summed E-state index contributed by atoms with van der Waals surface area (Å²) < 4.78 is 16.4. The first-order valence-corrected chi connectivity index (χ1v) is 16.0. The van der Waals surface area contributed by atoms with E-state index in [1.807, 2.05) is 0 Å². The maximum Gasteiger partial charge on any atom is 0.272 e. The molecule has 0 saturated carbocycles. The lowest BCUT2D eigenvalue weighted by Crippen LogP contribution is -2.31. The van der Waals surface area contributed by atoms with Gasteiger partial charge in [-0.15, -0.1) is 11.8 Å². The van der Waals surface area contributed by atoms with Crippen LogP contribution in [0.25, 0.3) is 6.08 Å². The molecule has 1 saturated heterocycles. The van der Waals surface area contributed by atoms with Gasteiger partial charge in [0.1, 0.15) is 5.70 Å². The minimum atomic E-state index is -0.698. The molecule has 246 valence electrons. The van der Waals surface area contributed by atoms with Gasteiger partial charge in [0.2, 0.25) is 17.6 Å². The van der Waals surface area contributed by atoms with Gasteiger partial charge in [-0.25, -0.2) is 4.90 Å². The Labute approximate surface area is 290 Å². The number of amides is 4. The Balaban J connectivity index is 1.39. The largest absolute Gasteiger partial charge is 0.493 e. The molecule has 4 aromatic rings. The zero-order chi connectivity index (χ0) is 34.4. The Morgan fingerprint density at radius 1 is 0.854 bits per heavy atom. The number of nitrogens with one attached hydrogen (secondary N) is 2. The van der Waals surface area contributed by atoms with E-state index in [9.17, 15) is 19.2 Å². The number of thioether (sulfide) groups is 1. The lowest BCUT2D eigenvalue weighted by molar-refractivity contribution is -0.121. The van der Waals surface area contributed by atoms with Crippen LogP contribution < -0.4 is 29.7 Å². The fraction of sp³-hybridized carbons (Fsp3) is 0.143. The molecule has 0 aromatic heterocycles. The number of imide groups is 1. The van der Waals surface area contributed by atoms with Crippen LogP contribution in [0.15, 0.2) is 95.5 Å². The summed E-state index contributed by atoms with van der Waals surface area (Å²) in [6, 6.07) is 23.2. The van der Waals surface area contributed by atoms with Gasteiger partial charge < -0.3 is 24.8 Å². The molecule has 0 spiro atoms. The fourth-order valence-corrected chi connectivity index (χ4v) is 6.34. The number of nitrogens with zero attached hydrogens (tertiary/aromatic N) is 1. The van der Waals surface area contributed by atoms with E-state index in [-0.39, 0.29) is 23.0 Å². The Morgan fingerprint density at radius 3 is 2.29 bits per heavy atom. The summed E-state index contributed by atoms with van der Waals surface area (Å²) in [5, 5.41) is 5.36. The molecule has 5 rings (SSSR count). The molecule has 1 aliphatic rings. The van der Waals surface area contributed by atoms with Crippen LogP contribution in [0, 0.1) is 0 Å². The molecule has 1 aliphatic heterocycles. The summed E-state index contributed by atoms with van der Waals surface area (Å²) in [4.78, 5) is 54.7. The number of rotatable bonds is 11. The summed E-state index contributed by atoms with van der Waals surface area (Å²) >= 11 is 13.3. The Morgan fingerprint density at radius 2 is 1.60 bits per heavy atom. The van der Waals surface area contributed by atoms with Gasteiger partial charge in [-0.05, 0) is 66.7 Å². The first-order valence-electron chi connectivity index (χ1n) is 14.4. The van der Waals surface area contributed by atoms with E-state index >= 15 is 0 Å². The number of hydrogen-bond acceptors (Lipinski definition) is 8. The van der Waals surface area contributed by atoms with Gasteiger partial charge in [0.15, 0.2) is 11.5 Å². The summed E-state index contributed by atoms with van der Waals surface area (Å²) in [5.41, 5.74) is 1.43. The highest BCUT2D eigenvalue weighted by molar-refractivity contribution is 8.00. The van der Waals surface area contributed by atoms with Crippen molar-refractivity contribution in [3.63, 3.8) is 0 Å². The van der Waals surface area contributed by atoms with Crippen LogP contribution in [-0.2, 0) is 14.4 Å². The molecule has 1 heterocycles. The monoisotopic (exact) mass is 705 g/mol. The van der Waals surface area contributed by atoms with Crippen LogP contribution in [0.1, 0.15) is 22.3 Å². The van der Waals surface area contributed by atoms with E-state index in [4.69, 9.17) is 37.4 Å². The SMILES string of the molecule is COc1ccc(/C=C(\NC(=O)c2ccccc2)C(=O)Nc2cccc(SC3CC(=O)N(c4ccc(Cl)c(Cl)c4)C3=O)c2)c(OC)c1OC. The quantitative estimate of drug-likeness (QED) is 0.128. The van der Waals surface area contributed by atoms with Crippen molar-refractivity contribution in [2.75, 3.05) is 31.5 Å². The first-order chi connectivity index (χ1) is 23.1. The van der Waals surface area contributed by atoms with Crippen molar-refractivity contribution in [1.82, 2.24) is 5.32 Å². The van der Waals surface area contributed by atoms with Crippen LogP contribution in [0.2, 0.25) is 10.0 Å². The number of halogens is 2. The maximum atomic E-state index is 13.7. The number of ether oxygens (including phenoxy) is 3. The molecule has 1 atom stereocenters. The second-order valence-electron chi connectivity index (χ2n) is 10.3. The van der Waals surface area contributed by atoms with Gasteiger partial charge in [-0.1, -0.05) is 47.5 Å². The van der Waals surface area contributed by atoms with E-state index in [1.54, 1.807) is 72.8 Å². The maximum absolute atomic E-state index is 13.7. The average molecular weight is 707 g/mol. The molecule has 10 nitrogen and oxygen atoms in total. The van der Waals surface area contributed by atoms with E-state index in [0.717, 1.165) is 4.90 Å². The highest BCUT2D eigenvalue weighted by Gasteiger charge is 2.40. The third-order valence-corrected chi connectivity index (χ3v) is 9.12. The minimum Gasteiger partial charge on any atom is -0.493 e. The average Bonchev–Trinajstić information content (AvgIpc) is 3.37. The third kappa shape index (κ3) is 7.60. The van der Waals surface area contributed by atoms with Crippen molar-refractivity contribution in [2.24, 2.45) is 0 Å². The number of carbonyl (C=O) groups excluding carboxylic acids is 4. The van der Waals surface area contributed by atoms with Gasteiger partial charge >= 0.3 is 0 Å². The van der Waals surface area contributed by atoms with Crippen LogP contribution in [0.4, 0.5) is 11.4 Å². The zero-order valence-corrected chi connectivity index (χ0v) is 28.2. The van der Waals surface area contributed by atoms with Crippen LogP contribution >= 0.6 is 35.0 Å². The molecule has 1 fully saturated rings. The number of carbonyl (C=O) groups is 4. The van der Waals surface area contributed by atoms with Crippen molar-refractivity contribution in [3.8, 4) is 17.2 Å². The van der Waals surface area contributed by atoms with Gasteiger partial charge in [0.05, 0.1) is 42.3 Å². The van der Waals surface area contributed by atoms with Gasteiger partial charge in [0.25, 0.3) is 11.8 Å². The zero-order valence-electron chi connectivity index (χ0n) is 25.9. The summed E-state index contributed by atoms with van der Waals surface area (Å²) in [5.74, 6) is -0.869. The molecule has 48 heavy (non-hydrogen) atoms. The summed E-state index contributed by atoms with van der Waals surface area (Å²) in [6.07, 6.45) is 1.45. The topological polar surface area (TPSA) is 123 Å². The van der Waals surface area contributed by atoms with E-state index < -0.39 is 23.0 Å². The molecule has 0 bridgehead atoms. The lowest BCUT2D eigenvalue weighted by Gasteiger charge is -2.16. The van der Waals surface area contributed by atoms with Crippen molar-refractivity contribution in [1.29, 1.82) is 0 Å². The third-order valence-electron chi connectivity index (χ3n) is 7.20. The fourth-order valence-electron chi connectivity index (χ4n) is 4.94. The molecule has 4 amide bonds. The summed E-state index contributed by atoms with van der Waals surface area (Å²) in [6.45, 7) is 0. The Kier molecular flexibility index (Phi) is 10.9. The predicted molar refractivity (Wildman–Crippen MR) is 186 cm³/mol. The molecule has 0 radical (unpaired) electrons. The molecule has 4 aromatic carbocycles. The van der Waals surface area contributed by atoms with Crippen LogP contribution in [-0.4, -0.2) is 50.2 Å². The van der Waals surface area contributed by atoms with Crippen molar-refractivity contribution in [3.05, 3.63) is 112 Å². The molecular formula is C35H29Cl2N3O7S. The summed E-state index contributed by atoms with van der Waals surface area (Å²) in [7, 11) is 4.40. The molecule has 2 N–H and O–H groups in total. The van der Waals surface area contributed by atoms with Crippen LogP contribution in [0.3, 0.4) is 0 Å². The lowest BCUT2D eigenvalue weighted by atomic mass is 10.1. The Hall–Kier alpha value is -4.97. The van der Waals surface area contributed by atoms with E-state index in [2.05, 4.69) is 10.6 Å². The molecule has 13 heteroatoms. The number of methoxy groups -OCH3 is 3. The van der Waals surface area contributed by atoms with Crippen molar-refractivity contribution >= 4 is 76.0 Å². The van der Waals surface area contributed by atoms with Crippen molar-refractivity contribution in [2.45, 2.75) is 16.6 Å². The van der Waals surface area contributed by atoms with Crippen LogP contribution in [0.5, 0.6) is 17.2 Å². The standard InChI is InChI=1S/C35H29Cl2N3O7S/c1-45-28-15-12-21(31(46-2)32(28)47-3)16-27(39-33(42)20-8-5-4-6-9-20)34(43)38-22-10-7-11-24(17-22)48-29-19-30(41)40(35(29)44)23-13-14-25(36)26(37)18-23/h4-18,29H,19H2,1-3H3,(H,38,43)(H,39,42)/b27-16-. The van der Waals surface area contributed by atoms with E-state index in [0.29, 0.717) is 49.7 Å². The molecular weight excluding hydrogens is 677 g/mol. The second-order valence-corrected chi connectivity index (χ2v) is 12.4. The second kappa shape index (κ2) is 15.3.